The van der Waals surface area contributed by atoms with Gasteiger partial charge in [-0.25, -0.2) is 4.79 Å². The molecule has 0 spiro atoms. The van der Waals surface area contributed by atoms with Crippen LogP contribution in [-0.2, 0) is 11.2 Å². The van der Waals surface area contributed by atoms with E-state index in [4.69, 9.17) is 4.74 Å². The fourth-order valence-corrected chi connectivity index (χ4v) is 2.65. The Kier molecular flexibility index (Phi) is 6.02. The Labute approximate surface area is 144 Å². The van der Waals surface area contributed by atoms with Crippen molar-refractivity contribution in [2.45, 2.75) is 52.1 Å². The van der Waals surface area contributed by atoms with E-state index in [9.17, 15) is 9.90 Å². The molecule has 1 atom stereocenters. The maximum absolute atomic E-state index is 11.6. The number of rotatable bonds is 7. The lowest BCUT2D eigenvalue weighted by molar-refractivity contribution is -0.145. The minimum absolute atomic E-state index is 0.279. The number of hydrogen-bond donors (Lipinski definition) is 1. The van der Waals surface area contributed by atoms with Crippen LogP contribution in [0.4, 0.5) is 0 Å². The second-order valence-corrected chi connectivity index (χ2v) is 6.74. The Morgan fingerprint density at radius 2 is 1.58 bits per heavy atom. The maximum Gasteiger partial charge on any atom is 0.345 e. The number of aliphatic carboxylic acids is 1. The van der Waals surface area contributed by atoms with E-state index in [1.807, 2.05) is 36.4 Å². The van der Waals surface area contributed by atoms with Crippen LogP contribution in [0, 0.1) is 0 Å². The average Bonchev–Trinajstić information content (AvgIpc) is 2.55. The molecule has 0 fully saturated rings. The summed E-state index contributed by atoms with van der Waals surface area (Å²) >= 11 is 0. The SMILES string of the molecule is CC(C)c1ccc(C[C@@H](Oc2ccccc2C(C)C)C(=O)O)cc1. The highest BCUT2D eigenvalue weighted by Crippen LogP contribution is 2.27. The van der Waals surface area contributed by atoms with Gasteiger partial charge in [-0.3, -0.25) is 0 Å². The first kappa shape index (κ1) is 18.1. The maximum atomic E-state index is 11.6. The largest absolute Gasteiger partial charge is 0.478 e. The van der Waals surface area contributed by atoms with E-state index in [1.165, 1.54) is 5.56 Å². The second kappa shape index (κ2) is 8.00. The fourth-order valence-electron chi connectivity index (χ4n) is 2.65. The summed E-state index contributed by atoms with van der Waals surface area (Å²) in [4.78, 5) is 11.6. The molecule has 0 amide bonds. The quantitative estimate of drug-likeness (QED) is 0.778. The summed E-state index contributed by atoms with van der Waals surface area (Å²) in [7, 11) is 0. The third kappa shape index (κ3) is 4.60. The van der Waals surface area contributed by atoms with Crippen molar-refractivity contribution < 1.29 is 14.6 Å². The zero-order chi connectivity index (χ0) is 17.7. The summed E-state index contributed by atoms with van der Waals surface area (Å²) in [5.74, 6) is 0.449. The van der Waals surface area contributed by atoms with Gasteiger partial charge in [0.2, 0.25) is 0 Å². The van der Waals surface area contributed by atoms with Crippen molar-refractivity contribution in [3.63, 3.8) is 0 Å². The van der Waals surface area contributed by atoms with Crippen molar-refractivity contribution in [3.8, 4) is 5.75 Å². The highest BCUT2D eigenvalue weighted by molar-refractivity contribution is 5.73. The van der Waals surface area contributed by atoms with Gasteiger partial charge >= 0.3 is 5.97 Å². The van der Waals surface area contributed by atoms with Gasteiger partial charge in [0.1, 0.15) is 5.75 Å². The molecule has 0 aliphatic rings. The van der Waals surface area contributed by atoms with Crippen molar-refractivity contribution in [2.24, 2.45) is 0 Å². The number of para-hydroxylation sites is 1. The van der Waals surface area contributed by atoms with Crippen LogP contribution >= 0.6 is 0 Å². The molecule has 0 saturated heterocycles. The summed E-state index contributed by atoms with van der Waals surface area (Å²) in [6.45, 7) is 8.42. The van der Waals surface area contributed by atoms with Crippen LogP contribution in [0.3, 0.4) is 0 Å². The van der Waals surface area contributed by atoms with E-state index < -0.39 is 12.1 Å². The molecule has 2 rings (SSSR count). The fraction of sp³-hybridized carbons (Fsp3) is 0.381. The van der Waals surface area contributed by atoms with Gasteiger partial charge in [-0.2, -0.15) is 0 Å². The van der Waals surface area contributed by atoms with Gasteiger partial charge in [0.05, 0.1) is 0 Å². The minimum Gasteiger partial charge on any atom is -0.478 e. The molecule has 0 heterocycles. The highest BCUT2D eigenvalue weighted by Gasteiger charge is 2.22. The standard InChI is InChI=1S/C21H26O3/c1-14(2)17-11-9-16(10-12-17)13-20(21(22)23)24-19-8-6-5-7-18(19)15(3)4/h5-12,14-15,20H,13H2,1-4H3,(H,22,23)/t20-/m1/s1. The van der Waals surface area contributed by atoms with Gasteiger partial charge in [-0.05, 0) is 34.6 Å². The number of carboxylic acids is 1. The van der Waals surface area contributed by atoms with E-state index in [0.29, 0.717) is 18.1 Å². The molecule has 0 radical (unpaired) electrons. The van der Waals surface area contributed by atoms with E-state index in [0.717, 1.165) is 11.1 Å². The van der Waals surface area contributed by atoms with Gasteiger partial charge in [0, 0.05) is 6.42 Å². The van der Waals surface area contributed by atoms with Crippen molar-refractivity contribution >= 4 is 5.97 Å². The van der Waals surface area contributed by atoms with Crippen LogP contribution in [-0.4, -0.2) is 17.2 Å². The molecule has 24 heavy (non-hydrogen) atoms. The summed E-state index contributed by atoms with van der Waals surface area (Å²) < 4.78 is 5.85. The van der Waals surface area contributed by atoms with E-state index in [2.05, 4.69) is 39.8 Å². The van der Waals surface area contributed by atoms with E-state index in [1.54, 1.807) is 0 Å². The smallest absolute Gasteiger partial charge is 0.345 e. The number of ether oxygens (including phenoxy) is 1. The molecule has 128 valence electrons. The van der Waals surface area contributed by atoms with Gasteiger partial charge in [0.25, 0.3) is 0 Å². The zero-order valence-electron chi connectivity index (χ0n) is 14.8. The third-order valence-corrected chi connectivity index (χ3v) is 4.15. The summed E-state index contributed by atoms with van der Waals surface area (Å²) in [5.41, 5.74) is 3.24. The lowest BCUT2D eigenvalue weighted by atomic mass is 9.99. The van der Waals surface area contributed by atoms with Crippen LogP contribution in [0.5, 0.6) is 5.75 Å². The topological polar surface area (TPSA) is 46.5 Å². The molecule has 0 aromatic heterocycles. The average molecular weight is 326 g/mol. The van der Waals surface area contributed by atoms with Crippen LogP contribution < -0.4 is 4.74 Å². The molecule has 2 aromatic rings. The van der Waals surface area contributed by atoms with Crippen molar-refractivity contribution in [2.75, 3.05) is 0 Å². The lowest BCUT2D eigenvalue weighted by Gasteiger charge is -2.19. The van der Waals surface area contributed by atoms with Gasteiger partial charge < -0.3 is 9.84 Å². The minimum atomic E-state index is -0.943. The number of benzene rings is 2. The zero-order valence-corrected chi connectivity index (χ0v) is 14.8. The molecule has 0 aliphatic heterocycles. The van der Waals surface area contributed by atoms with Crippen LogP contribution in [0.1, 0.15) is 56.2 Å². The summed E-state index contributed by atoms with van der Waals surface area (Å²) in [6, 6.07) is 15.7. The molecule has 0 bridgehead atoms. The first-order chi connectivity index (χ1) is 11.4. The van der Waals surface area contributed by atoms with E-state index >= 15 is 0 Å². The first-order valence-corrected chi connectivity index (χ1v) is 8.45. The molecule has 0 saturated carbocycles. The normalized spacial score (nSPS) is 12.4. The van der Waals surface area contributed by atoms with Crippen molar-refractivity contribution in [1.29, 1.82) is 0 Å². The van der Waals surface area contributed by atoms with E-state index in [-0.39, 0.29) is 5.92 Å². The predicted octanol–water partition coefficient (Wildman–Crippen LogP) is 5.01. The number of carboxylic acid groups (broad SMARTS) is 1. The molecule has 3 nitrogen and oxygen atoms in total. The molecule has 3 heteroatoms. The number of hydrogen-bond acceptors (Lipinski definition) is 2. The predicted molar refractivity (Wildman–Crippen MR) is 96.8 cm³/mol. The Morgan fingerprint density at radius 3 is 2.12 bits per heavy atom. The molecular weight excluding hydrogens is 300 g/mol. The van der Waals surface area contributed by atoms with Crippen LogP contribution in [0.2, 0.25) is 0 Å². The third-order valence-electron chi connectivity index (χ3n) is 4.15. The first-order valence-electron chi connectivity index (χ1n) is 8.45. The van der Waals surface area contributed by atoms with Gasteiger partial charge in [-0.1, -0.05) is 70.2 Å². The Hall–Kier alpha value is -2.29. The molecule has 0 aliphatic carbocycles. The second-order valence-electron chi connectivity index (χ2n) is 6.74. The Balaban J connectivity index is 2.17. The van der Waals surface area contributed by atoms with Gasteiger partial charge in [0.15, 0.2) is 6.10 Å². The Bertz CT molecular complexity index is 672. The van der Waals surface area contributed by atoms with Crippen LogP contribution in [0.15, 0.2) is 48.5 Å². The highest BCUT2D eigenvalue weighted by atomic mass is 16.5. The lowest BCUT2D eigenvalue weighted by Crippen LogP contribution is -2.29. The van der Waals surface area contributed by atoms with Crippen LogP contribution in [0.25, 0.3) is 0 Å². The Morgan fingerprint density at radius 1 is 0.958 bits per heavy atom. The number of carbonyl (C=O) groups is 1. The van der Waals surface area contributed by atoms with Gasteiger partial charge in [-0.15, -0.1) is 0 Å². The van der Waals surface area contributed by atoms with Crippen molar-refractivity contribution in [1.82, 2.24) is 0 Å². The molecule has 1 N–H and O–H groups in total. The summed E-state index contributed by atoms with van der Waals surface area (Å²) in [6.07, 6.45) is -0.546. The molecule has 2 aromatic carbocycles. The summed E-state index contributed by atoms with van der Waals surface area (Å²) in [5, 5.41) is 9.54. The monoisotopic (exact) mass is 326 g/mol. The molecule has 0 unspecified atom stereocenters. The molecular formula is C21H26O3. The van der Waals surface area contributed by atoms with Crippen molar-refractivity contribution in [3.05, 3.63) is 65.2 Å².